The summed E-state index contributed by atoms with van der Waals surface area (Å²) in [5.74, 6) is -0.735. The molecule has 1 aliphatic carbocycles. The van der Waals surface area contributed by atoms with Crippen molar-refractivity contribution in [2.45, 2.75) is 59.5 Å². The lowest BCUT2D eigenvalue weighted by molar-refractivity contribution is -0.151. The number of aromatic amines is 1. The molecule has 1 heterocycles. The van der Waals surface area contributed by atoms with Gasteiger partial charge in [-0.1, -0.05) is 12.8 Å². The van der Waals surface area contributed by atoms with Gasteiger partial charge < -0.3 is 9.72 Å². The molecule has 1 aromatic rings. The maximum absolute atomic E-state index is 12.5. The van der Waals surface area contributed by atoms with Crippen molar-refractivity contribution in [1.82, 2.24) is 4.98 Å². The first-order valence-corrected chi connectivity index (χ1v) is 7.77. The first kappa shape index (κ1) is 16.5. The van der Waals surface area contributed by atoms with Crippen LogP contribution in [0.25, 0.3) is 0 Å². The summed E-state index contributed by atoms with van der Waals surface area (Å²) in [7, 11) is 0. The molecule has 5 nitrogen and oxygen atoms in total. The molecular formula is C17H23NO4. The summed E-state index contributed by atoms with van der Waals surface area (Å²) in [5.41, 5.74) is 2.19. The van der Waals surface area contributed by atoms with Crippen LogP contribution in [-0.4, -0.2) is 28.6 Å². The third-order valence-corrected chi connectivity index (χ3v) is 4.39. The molecule has 22 heavy (non-hydrogen) atoms. The number of ketones is 2. The number of aromatic nitrogens is 1. The SMILES string of the molecule is CC(=O)c1c(C)[nH]c(C(=O)[C@@H](C)OC(=O)C2CCCC2)c1C. The van der Waals surface area contributed by atoms with Crippen molar-refractivity contribution in [3.8, 4) is 0 Å². The molecule has 0 unspecified atom stereocenters. The molecule has 0 amide bonds. The van der Waals surface area contributed by atoms with Gasteiger partial charge in [0, 0.05) is 11.3 Å². The lowest BCUT2D eigenvalue weighted by Crippen LogP contribution is -2.28. The van der Waals surface area contributed by atoms with E-state index in [1.807, 2.05) is 0 Å². The highest BCUT2D eigenvalue weighted by Crippen LogP contribution is 2.27. The van der Waals surface area contributed by atoms with Crippen LogP contribution in [0.1, 0.15) is 71.6 Å². The Hall–Kier alpha value is -1.91. The van der Waals surface area contributed by atoms with E-state index in [0.717, 1.165) is 25.7 Å². The number of Topliss-reactive ketones (excluding diaryl/α,β-unsaturated/α-hetero) is 2. The van der Waals surface area contributed by atoms with Crippen LogP contribution in [0.5, 0.6) is 0 Å². The van der Waals surface area contributed by atoms with Crippen molar-refractivity contribution in [3.05, 3.63) is 22.5 Å². The Morgan fingerprint density at radius 3 is 2.27 bits per heavy atom. The summed E-state index contributed by atoms with van der Waals surface area (Å²) in [4.78, 5) is 39.1. The van der Waals surface area contributed by atoms with Crippen molar-refractivity contribution in [3.63, 3.8) is 0 Å². The van der Waals surface area contributed by atoms with Gasteiger partial charge >= 0.3 is 5.97 Å². The van der Waals surface area contributed by atoms with E-state index in [0.29, 0.717) is 22.5 Å². The largest absolute Gasteiger partial charge is 0.454 e. The summed E-state index contributed by atoms with van der Waals surface area (Å²) >= 11 is 0. The predicted octanol–water partition coefficient (Wildman–Crippen LogP) is 3.14. The van der Waals surface area contributed by atoms with Crippen LogP contribution in [0.2, 0.25) is 0 Å². The van der Waals surface area contributed by atoms with Crippen molar-refractivity contribution in [1.29, 1.82) is 0 Å². The van der Waals surface area contributed by atoms with E-state index in [1.54, 1.807) is 20.8 Å². The molecule has 1 atom stereocenters. The zero-order valence-electron chi connectivity index (χ0n) is 13.6. The third-order valence-electron chi connectivity index (χ3n) is 4.39. The highest BCUT2D eigenvalue weighted by Gasteiger charge is 2.29. The average Bonchev–Trinajstić information content (AvgIpc) is 3.05. The van der Waals surface area contributed by atoms with Crippen LogP contribution < -0.4 is 0 Å². The van der Waals surface area contributed by atoms with Crippen LogP contribution in [0, 0.1) is 19.8 Å². The predicted molar refractivity (Wildman–Crippen MR) is 82.1 cm³/mol. The minimum atomic E-state index is -0.843. The normalized spacial score (nSPS) is 16.5. The van der Waals surface area contributed by atoms with Gasteiger partial charge in [0.1, 0.15) is 0 Å². The van der Waals surface area contributed by atoms with E-state index in [2.05, 4.69) is 4.98 Å². The monoisotopic (exact) mass is 305 g/mol. The zero-order chi connectivity index (χ0) is 16.4. The fourth-order valence-corrected chi connectivity index (χ4v) is 3.21. The second kappa shape index (κ2) is 6.46. The molecule has 120 valence electrons. The van der Waals surface area contributed by atoms with Gasteiger partial charge in [-0.05, 0) is 46.1 Å². The molecule has 0 bridgehead atoms. The molecular weight excluding hydrogens is 282 g/mol. The molecule has 1 aliphatic rings. The van der Waals surface area contributed by atoms with E-state index < -0.39 is 6.10 Å². The number of hydrogen-bond donors (Lipinski definition) is 1. The van der Waals surface area contributed by atoms with E-state index >= 15 is 0 Å². The van der Waals surface area contributed by atoms with Gasteiger partial charge in [0.15, 0.2) is 11.9 Å². The van der Waals surface area contributed by atoms with Crippen molar-refractivity contribution in [2.24, 2.45) is 5.92 Å². The molecule has 5 heteroatoms. The number of nitrogens with one attached hydrogen (secondary N) is 1. The van der Waals surface area contributed by atoms with Gasteiger partial charge in [-0.3, -0.25) is 14.4 Å². The summed E-state index contributed by atoms with van der Waals surface area (Å²) in [6.07, 6.45) is 2.92. The van der Waals surface area contributed by atoms with E-state index in [1.165, 1.54) is 6.92 Å². The maximum Gasteiger partial charge on any atom is 0.309 e. The van der Waals surface area contributed by atoms with Gasteiger partial charge in [-0.15, -0.1) is 0 Å². The van der Waals surface area contributed by atoms with Gasteiger partial charge in [-0.2, -0.15) is 0 Å². The van der Waals surface area contributed by atoms with E-state index in [9.17, 15) is 14.4 Å². The molecule has 2 rings (SSSR count). The highest BCUT2D eigenvalue weighted by atomic mass is 16.5. The molecule has 0 aliphatic heterocycles. The second-order valence-corrected chi connectivity index (χ2v) is 6.11. The first-order chi connectivity index (χ1) is 10.3. The first-order valence-electron chi connectivity index (χ1n) is 7.77. The lowest BCUT2D eigenvalue weighted by atomic mass is 10.0. The molecule has 1 N–H and O–H groups in total. The zero-order valence-corrected chi connectivity index (χ0v) is 13.6. The standard InChI is InChI=1S/C17H23NO4/c1-9-14(11(3)19)10(2)18-15(9)16(20)12(4)22-17(21)13-7-5-6-8-13/h12-13,18H,5-8H2,1-4H3/t12-/m1/s1. The Morgan fingerprint density at radius 2 is 1.77 bits per heavy atom. The minimum Gasteiger partial charge on any atom is -0.454 e. The van der Waals surface area contributed by atoms with Crippen LogP contribution in [0.15, 0.2) is 0 Å². The fourth-order valence-electron chi connectivity index (χ4n) is 3.21. The van der Waals surface area contributed by atoms with E-state index in [-0.39, 0.29) is 23.5 Å². The third kappa shape index (κ3) is 3.13. The maximum atomic E-state index is 12.5. The van der Waals surface area contributed by atoms with Crippen LogP contribution >= 0.6 is 0 Å². The number of hydrogen-bond acceptors (Lipinski definition) is 4. The highest BCUT2D eigenvalue weighted by molar-refractivity contribution is 6.05. The Bertz CT molecular complexity index is 608. The molecule has 0 aromatic carbocycles. The minimum absolute atomic E-state index is 0.0745. The number of ether oxygens (including phenoxy) is 1. The Kier molecular flexibility index (Phi) is 4.84. The van der Waals surface area contributed by atoms with Crippen molar-refractivity contribution >= 4 is 17.5 Å². The fraction of sp³-hybridized carbons (Fsp3) is 0.588. The Balaban J connectivity index is 2.12. The number of rotatable bonds is 5. The number of carbonyl (C=O) groups excluding carboxylic acids is 3. The Labute approximate surface area is 130 Å². The lowest BCUT2D eigenvalue weighted by Gasteiger charge is -2.15. The number of esters is 1. The summed E-state index contributed by atoms with van der Waals surface area (Å²) in [5, 5.41) is 0. The van der Waals surface area contributed by atoms with Crippen LogP contribution in [-0.2, 0) is 9.53 Å². The smallest absolute Gasteiger partial charge is 0.309 e. The summed E-state index contributed by atoms with van der Waals surface area (Å²) in [6.45, 7) is 6.55. The quantitative estimate of drug-likeness (QED) is 0.669. The number of carbonyl (C=O) groups is 3. The molecule has 1 aromatic heterocycles. The summed E-state index contributed by atoms with van der Waals surface area (Å²) < 4.78 is 5.32. The topological polar surface area (TPSA) is 76.2 Å². The molecule has 1 fully saturated rings. The van der Waals surface area contributed by atoms with Crippen LogP contribution in [0.3, 0.4) is 0 Å². The van der Waals surface area contributed by atoms with E-state index in [4.69, 9.17) is 4.74 Å². The molecule has 0 radical (unpaired) electrons. The van der Waals surface area contributed by atoms with Gasteiger partial charge in [-0.25, -0.2) is 0 Å². The Morgan fingerprint density at radius 1 is 1.18 bits per heavy atom. The van der Waals surface area contributed by atoms with Crippen LogP contribution in [0.4, 0.5) is 0 Å². The van der Waals surface area contributed by atoms with Gasteiger partial charge in [0.05, 0.1) is 11.6 Å². The second-order valence-electron chi connectivity index (χ2n) is 6.11. The molecule has 0 saturated heterocycles. The number of aryl methyl sites for hydroxylation is 1. The number of H-pyrrole nitrogens is 1. The average molecular weight is 305 g/mol. The van der Waals surface area contributed by atoms with Crippen molar-refractivity contribution < 1.29 is 19.1 Å². The van der Waals surface area contributed by atoms with Gasteiger partial charge in [0.25, 0.3) is 0 Å². The van der Waals surface area contributed by atoms with Gasteiger partial charge in [0.2, 0.25) is 5.78 Å². The summed E-state index contributed by atoms with van der Waals surface area (Å²) in [6, 6.07) is 0. The van der Waals surface area contributed by atoms with Crippen molar-refractivity contribution in [2.75, 3.05) is 0 Å². The molecule has 1 saturated carbocycles. The molecule has 0 spiro atoms.